The van der Waals surface area contributed by atoms with E-state index in [4.69, 9.17) is 0 Å². The number of hydrogen-bond acceptors (Lipinski definition) is 3. The minimum absolute atomic E-state index is 0.245. The number of carbonyl (C=O) groups excluding carboxylic acids is 1. The third-order valence-corrected chi connectivity index (χ3v) is 4.20. The summed E-state index contributed by atoms with van der Waals surface area (Å²) in [5.41, 5.74) is 0. The molecule has 0 radical (unpaired) electrons. The first-order valence-electron chi connectivity index (χ1n) is 9.19. The van der Waals surface area contributed by atoms with Gasteiger partial charge in [0.1, 0.15) is 0 Å². The Balaban J connectivity index is 2.45. The van der Waals surface area contributed by atoms with Crippen LogP contribution in [0.2, 0.25) is 0 Å². The molecule has 1 amide bonds. The van der Waals surface area contributed by atoms with Crippen LogP contribution in [0, 0.1) is 0 Å². The number of likely N-dealkylation sites (tertiary alicyclic amines) is 1. The van der Waals surface area contributed by atoms with Crippen LogP contribution in [0.15, 0.2) is 4.99 Å². The maximum absolute atomic E-state index is 11.8. The fourth-order valence-electron chi connectivity index (χ4n) is 2.89. The highest BCUT2D eigenvalue weighted by molar-refractivity contribution is 5.80. The van der Waals surface area contributed by atoms with Crippen LogP contribution in [0.25, 0.3) is 0 Å². The standard InChI is InChI=1S/C17H35N5O/c1-5-11-21(8-4)13-10-19-17(18-7-3)20-15-9-12-22(14-15)16(23)6-2/h15H,5-14H2,1-4H3,(H2,18,19,20). The average Bonchev–Trinajstić information content (AvgIpc) is 3.02. The van der Waals surface area contributed by atoms with E-state index in [0.717, 1.165) is 58.2 Å². The van der Waals surface area contributed by atoms with Crippen molar-refractivity contribution in [3.63, 3.8) is 0 Å². The van der Waals surface area contributed by atoms with Crippen LogP contribution in [0.5, 0.6) is 0 Å². The molecule has 1 rings (SSSR count). The molecule has 0 aliphatic carbocycles. The van der Waals surface area contributed by atoms with E-state index in [9.17, 15) is 4.79 Å². The summed E-state index contributed by atoms with van der Waals surface area (Å²) in [6.45, 7) is 14.9. The van der Waals surface area contributed by atoms with Gasteiger partial charge in [0.25, 0.3) is 0 Å². The molecule has 0 aromatic rings. The number of aliphatic imine (C=N–C) groups is 1. The molecule has 1 unspecified atom stereocenters. The zero-order chi connectivity index (χ0) is 17.1. The van der Waals surface area contributed by atoms with Crippen LogP contribution in [0.3, 0.4) is 0 Å². The van der Waals surface area contributed by atoms with Crippen LogP contribution in [0.4, 0.5) is 0 Å². The van der Waals surface area contributed by atoms with E-state index in [1.165, 1.54) is 6.42 Å². The van der Waals surface area contributed by atoms with E-state index >= 15 is 0 Å². The Morgan fingerprint density at radius 2 is 2.04 bits per heavy atom. The number of amides is 1. The summed E-state index contributed by atoms with van der Waals surface area (Å²) in [5, 5.41) is 6.78. The van der Waals surface area contributed by atoms with Gasteiger partial charge in [-0.15, -0.1) is 0 Å². The summed E-state index contributed by atoms with van der Waals surface area (Å²) in [6, 6.07) is 0.307. The van der Waals surface area contributed by atoms with Crippen LogP contribution in [-0.2, 0) is 4.79 Å². The quantitative estimate of drug-likeness (QED) is 0.495. The van der Waals surface area contributed by atoms with Crippen LogP contribution in [-0.4, -0.2) is 73.5 Å². The SMILES string of the molecule is CCCN(CC)CCN=C(NCC)NC1CCN(C(=O)CC)C1. The fourth-order valence-corrected chi connectivity index (χ4v) is 2.89. The third-order valence-electron chi connectivity index (χ3n) is 4.20. The largest absolute Gasteiger partial charge is 0.357 e. The van der Waals surface area contributed by atoms with Crippen LogP contribution in [0.1, 0.15) is 47.0 Å². The van der Waals surface area contributed by atoms with Gasteiger partial charge in [0.15, 0.2) is 5.96 Å². The first-order chi connectivity index (χ1) is 11.1. The Labute approximate surface area is 141 Å². The van der Waals surface area contributed by atoms with Crippen molar-refractivity contribution in [2.24, 2.45) is 4.99 Å². The van der Waals surface area contributed by atoms with Gasteiger partial charge >= 0.3 is 0 Å². The van der Waals surface area contributed by atoms with E-state index in [2.05, 4.69) is 41.3 Å². The lowest BCUT2D eigenvalue weighted by Gasteiger charge is -2.20. The Morgan fingerprint density at radius 1 is 1.26 bits per heavy atom. The third kappa shape index (κ3) is 7.20. The van der Waals surface area contributed by atoms with Gasteiger partial charge in [0.05, 0.1) is 6.54 Å². The topological polar surface area (TPSA) is 60.0 Å². The molecule has 134 valence electrons. The number of hydrogen-bond donors (Lipinski definition) is 2. The first kappa shape index (κ1) is 19.7. The van der Waals surface area contributed by atoms with Crippen LogP contribution >= 0.6 is 0 Å². The molecule has 1 fully saturated rings. The second kappa shape index (κ2) is 11.3. The molecule has 1 atom stereocenters. The second-order valence-corrected chi connectivity index (χ2v) is 6.02. The van der Waals surface area contributed by atoms with E-state index in [1.54, 1.807) is 0 Å². The molecule has 6 heteroatoms. The number of nitrogens with zero attached hydrogens (tertiary/aromatic N) is 3. The summed E-state index contributed by atoms with van der Waals surface area (Å²) in [7, 11) is 0. The Bertz CT molecular complexity index is 372. The van der Waals surface area contributed by atoms with Crippen molar-refractivity contribution in [1.82, 2.24) is 20.4 Å². The molecule has 1 heterocycles. The highest BCUT2D eigenvalue weighted by atomic mass is 16.2. The zero-order valence-corrected chi connectivity index (χ0v) is 15.4. The van der Waals surface area contributed by atoms with Gasteiger partial charge in [-0.1, -0.05) is 20.8 Å². The number of guanidine groups is 1. The van der Waals surface area contributed by atoms with Crippen molar-refractivity contribution < 1.29 is 4.79 Å². The first-order valence-corrected chi connectivity index (χ1v) is 9.19. The Hall–Kier alpha value is -1.30. The summed E-state index contributed by atoms with van der Waals surface area (Å²) in [5.74, 6) is 1.12. The predicted octanol–water partition coefficient (Wildman–Crippen LogP) is 1.28. The highest BCUT2D eigenvalue weighted by Gasteiger charge is 2.25. The summed E-state index contributed by atoms with van der Waals surface area (Å²) >= 11 is 0. The molecule has 0 aromatic carbocycles. The van der Waals surface area contributed by atoms with Crippen molar-refractivity contribution in [3.8, 4) is 0 Å². The second-order valence-electron chi connectivity index (χ2n) is 6.02. The molecule has 0 aromatic heterocycles. The highest BCUT2D eigenvalue weighted by Crippen LogP contribution is 2.10. The normalized spacial score (nSPS) is 18.6. The average molecular weight is 326 g/mol. The summed E-state index contributed by atoms with van der Waals surface area (Å²) < 4.78 is 0. The number of carbonyl (C=O) groups is 1. The lowest BCUT2D eigenvalue weighted by molar-refractivity contribution is -0.129. The van der Waals surface area contributed by atoms with E-state index in [-0.39, 0.29) is 5.91 Å². The van der Waals surface area contributed by atoms with Crippen molar-refractivity contribution in [1.29, 1.82) is 0 Å². The van der Waals surface area contributed by atoms with Crippen molar-refractivity contribution >= 4 is 11.9 Å². The van der Waals surface area contributed by atoms with E-state index in [1.807, 2.05) is 11.8 Å². The van der Waals surface area contributed by atoms with Gasteiger partial charge < -0.3 is 20.4 Å². The lowest BCUT2D eigenvalue weighted by Crippen LogP contribution is -2.45. The molecule has 23 heavy (non-hydrogen) atoms. The molecular weight excluding hydrogens is 290 g/mol. The minimum Gasteiger partial charge on any atom is -0.357 e. The predicted molar refractivity (Wildman–Crippen MR) is 96.8 cm³/mol. The summed E-state index contributed by atoms with van der Waals surface area (Å²) in [6.07, 6.45) is 2.76. The van der Waals surface area contributed by atoms with Gasteiger partial charge in [-0.25, -0.2) is 0 Å². The molecule has 1 saturated heterocycles. The molecule has 0 bridgehead atoms. The molecule has 0 saturated carbocycles. The Morgan fingerprint density at radius 3 is 2.65 bits per heavy atom. The lowest BCUT2D eigenvalue weighted by atomic mass is 10.3. The number of rotatable bonds is 9. The maximum Gasteiger partial charge on any atom is 0.222 e. The monoisotopic (exact) mass is 325 g/mol. The molecular formula is C17H35N5O. The molecule has 2 N–H and O–H groups in total. The van der Waals surface area contributed by atoms with Crippen molar-refractivity contribution in [3.05, 3.63) is 0 Å². The molecule has 0 spiro atoms. The summed E-state index contributed by atoms with van der Waals surface area (Å²) in [4.78, 5) is 20.8. The van der Waals surface area contributed by atoms with E-state index in [0.29, 0.717) is 12.5 Å². The minimum atomic E-state index is 0.245. The van der Waals surface area contributed by atoms with Crippen molar-refractivity contribution in [2.45, 2.75) is 53.0 Å². The van der Waals surface area contributed by atoms with Gasteiger partial charge in [-0.05, 0) is 32.9 Å². The number of likely N-dealkylation sites (N-methyl/N-ethyl adjacent to an activating group) is 1. The van der Waals surface area contributed by atoms with Gasteiger partial charge in [-0.2, -0.15) is 0 Å². The van der Waals surface area contributed by atoms with Gasteiger partial charge in [0, 0.05) is 38.6 Å². The fraction of sp³-hybridized carbons (Fsp3) is 0.882. The van der Waals surface area contributed by atoms with Crippen LogP contribution < -0.4 is 10.6 Å². The van der Waals surface area contributed by atoms with Gasteiger partial charge in [-0.3, -0.25) is 9.79 Å². The molecule has 1 aliphatic heterocycles. The molecule has 6 nitrogen and oxygen atoms in total. The Kier molecular flexibility index (Phi) is 9.67. The maximum atomic E-state index is 11.8. The zero-order valence-electron chi connectivity index (χ0n) is 15.4. The number of nitrogens with one attached hydrogen (secondary N) is 2. The molecule has 1 aliphatic rings. The van der Waals surface area contributed by atoms with Crippen molar-refractivity contribution in [2.75, 3.05) is 45.8 Å². The van der Waals surface area contributed by atoms with E-state index < -0.39 is 0 Å². The van der Waals surface area contributed by atoms with Gasteiger partial charge in [0.2, 0.25) is 5.91 Å². The smallest absolute Gasteiger partial charge is 0.222 e.